The van der Waals surface area contributed by atoms with E-state index in [-0.39, 0.29) is 6.54 Å². The lowest BCUT2D eigenvalue weighted by atomic mass is 9.96. The van der Waals surface area contributed by atoms with Crippen molar-refractivity contribution in [1.82, 2.24) is 9.80 Å². The zero-order valence-corrected chi connectivity index (χ0v) is 22.4. The number of carboxylic acid groups (broad SMARTS) is 5. The van der Waals surface area contributed by atoms with E-state index in [1.807, 2.05) is 0 Å². The Bertz CT molecular complexity index is 989. The number of carboxylic acids is 5. The molecule has 0 aromatic rings. The van der Waals surface area contributed by atoms with Crippen molar-refractivity contribution < 1.29 is 94.1 Å². The highest BCUT2D eigenvalue weighted by molar-refractivity contribution is 5.88. The van der Waals surface area contributed by atoms with Crippen molar-refractivity contribution in [1.29, 1.82) is 0 Å². The first-order valence-corrected chi connectivity index (χ1v) is 12.1. The molecule has 0 amide bonds. The van der Waals surface area contributed by atoms with Crippen molar-refractivity contribution in [3.8, 4) is 0 Å². The molecule has 1 unspecified atom stereocenters. The highest BCUT2D eigenvalue weighted by Gasteiger charge is 2.42. The second kappa shape index (κ2) is 18.5. The highest BCUT2D eigenvalue weighted by Crippen LogP contribution is 2.18. The van der Waals surface area contributed by atoms with E-state index in [0.717, 1.165) is 9.80 Å². The second-order valence-corrected chi connectivity index (χ2v) is 9.13. The number of aliphatic hydroxyl groups excluding tert-OH is 4. The Morgan fingerprint density at radius 3 is 1.51 bits per heavy atom. The summed E-state index contributed by atoms with van der Waals surface area (Å²) in [6.07, 6.45) is -11.5. The lowest BCUT2D eigenvalue weighted by Gasteiger charge is -2.30. The van der Waals surface area contributed by atoms with Crippen molar-refractivity contribution in [2.45, 2.75) is 42.9 Å². The van der Waals surface area contributed by atoms with Crippen LogP contribution in [-0.4, -0.2) is 185 Å². The molecule has 0 aromatic carbocycles. The Labute approximate surface area is 241 Å². The van der Waals surface area contributed by atoms with Gasteiger partial charge in [-0.1, -0.05) is 0 Å². The minimum absolute atomic E-state index is 0.354. The number of carbonyl (C=O) groups is 7. The predicted molar refractivity (Wildman–Crippen MR) is 131 cm³/mol. The van der Waals surface area contributed by atoms with Crippen LogP contribution in [0.1, 0.15) is 12.8 Å². The van der Waals surface area contributed by atoms with Crippen LogP contribution in [0.15, 0.2) is 0 Å². The predicted octanol–water partition coefficient (Wildman–Crippen LogP) is -5.95. The molecular weight excluding hydrogens is 596 g/mol. The number of rotatable bonds is 23. The van der Waals surface area contributed by atoms with Crippen LogP contribution in [0.2, 0.25) is 0 Å². The third-order valence-electron chi connectivity index (χ3n) is 5.44. The Kier molecular flexibility index (Phi) is 16.8. The Balaban J connectivity index is 5.73. The molecule has 0 aliphatic rings. The summed E-state index contributed by atoms with van der Waals surface area (Å²) in [6.45, 7) is -6.29. The summed E-state index contributed by atoms with van der Waals surface area (Å²) >= 11 is 0. The van der Waals surface area contributed by atoms with E-state index >= 15 is 0 Å². The van der Waals surface area contributed by atoms with Crippen LogP contribution >= 0.6 is 0 Å². The average molecular weight is 631 g/mol. The summed E-state index contributed by atoms with van der Waals surface area (Å²) in [5.41, 5.74) is -3.12. The SMILES string of the molecule is O=C(O)CN(CCN(CC(=O)O)CC(=O)O[C@@H](COC(=O)CC(O)(CC(=O)O)C(=O)O)[C@@H](O)[C@H](O)[C@H](O)CO)CC(=O)O. The maximum absolute atomic E-state index is 12.6. The molecule has 0 bridgehead atoms. The first-order chi connectivity index (χ1) is 19.8. The fraction of sp³-hybridized carbons (Fsp3) is 0.682. The zero-order valence-electron chi connectivity index (χ0n) is 22.4. The molecule has 0 saturated carbocycles. The van der Waals surface area contributed by atoms with Gasteiger partial charge < -0.3 is 60.5 Å². The Hall–Kier alpha value is -3.99. The second-order valence-electron chi connectivity index (χ2n) is 9.13. The van der Waals surface area contributed by atoms with Gasteiger partial charge in [-0.15, -0.1) is 0 Å². The molecule has 21 heteroatoms. The van der Waals surface area contributed by atoms with E-state index in [9.17, 15) is 54.0 Å². The molecule has 0 saturated heterocycles. The molecule has 0 rings (SSSR count). The number of carbonyl (C=O) groups excluding carboxylic acids is 2. The van der Waals surface area contributed by atoms with Crippen LogP contribution in [0.25, 0.3) is 0 Å². The summed E-state index contributed by atoms with van der Waals surface area (Å²) in [5, 5.41) is 93.8. The molecule has 0 aliphatic heterocycles. The number of aliphatic carboxylic acids is 5. The van der Waals surface area contributed by atoms with Crippen molar-refractivity contribution in [2.75, 3.05) is 52.5 Å². The van der Waals surface area contributed by atoms with Crippen molar-refractivity contribution >= 4 is 41.8 Å². The van der Waals surface area contributed by atoms with Gasteiger partial charge in [0.05, 0.1) is 45.6 Å². The van der Waals surface area contributed by atoms with E-state index in [0.29, 0.717) is 0 Å². The van der Waals surface area contributed by atoms with Crippen LogP contribution in [0, 0.1) is 0 Å². The first kappa shape index (κ1) is 39.0. The summed E-state index contributed by atoms with van der Waals surface area (Å²) in [7, 11) is 0. The fourth-order valence-corrected chi connectivity index (χ4v) is 3.36. The molecule has 0 radical (unpaired) electrons. The molecule has 0 aliphatic carbocycles. The topological polar surface area (TPSA) is 347 Å². The third-order valence-corrected chi connectivity index (χ3v) is 5.44. The third kappa shape index (κ3) is 15.7. The van der Waals surface area contributed by atoms with Gasteiger partial charge in [0.2, 0.25) is 0 Å². The van der Waals surface area contributed by atoms with E-state index in [1.54, 1.807) is 0 Å². The normalized spacial score (nSPS) is 15.5. The van der Waals surface area contributed by atoms with Gasteiger partial charge in [-0.3, -0.25) is 38.6 Å². The highest BCUT2D eigenvalue weighted by atomic mass is 16.6. The largest absolute Gasteiger partial charge is 0.481 e. The molecule has 0 heterocycles. The van der Waals surface area contributed by atoms with Gasteiger partial charge >= 0.3 is 41.8 Å². The average Bonchev–Trinajstić information content (AvgIpc) is 2.86. The molecule has 5 atom stereocenters. The summed E-state index contributed by atoms with van der Waals surface area (Å²) in [6, 6.07) is 0. The van der Waals surface area contributed by atoms with Gasteiger partial charge in [0.15, 0.2) is 11.7 Å². The smallest absolute Gasteiger partial charge is 0.336 e. The minimum Gasteiger partial charge on any atom is -0.481 e. The maximum atomic E-state index is 12.6. The number of ether oxygens (including phenoxy) is 2. The van der Waals surface area contributed by atoms with Crippen molar-refractivity contribution in [3.05, 3.63) is 0 Å². The van der Waals surface area contributed by atoms with E-state index < -0.39 is 131 Å². The standard InChI is InChI=1S/C22H34N2O19/c25-9-11(26)19(37)20(38)12(10-42-17(35)4-22(41,21(39)40)3-13(27)28)43-18(36)8-24(7-16(33)34)2-1-23(5-14(29)30)6-15(31)32/h11-12,19-20,25-26,37-38,41H,1-10H2,(H,27,28)(H,29,30)(H,31,32)(H,33,34)(H,39,40)/t11-,12+,19-,20-,22?/m1/s1. The molecular formula is C22H34N2O19. The van der Waals surface area contributed by atoms with E-state index in [2.05, 4.69) is 4.74 Å². The van der Waals surface area contributed by atoms with Gasteiger partial charge in [0.25, 0.3) is 0 Å². The molecule has 0 spiro atoms. The summed E-state index contributed by atoms with van der Waals surface area (Å²) < 4.78 is 9.61. The Morgan fingerprint density at radius 1 is 0.651 bits per heavy atom. The number of nitrogens with zero attached hydrogens (tertiary/aromatic N) is 2. The lowest BCUT2D eigenvalue weighted by molar-refractivity contribution is -0.183. The van der Waals surface area contributed by atoms with Gasteiger partial charge in [-0.25, -0.2) is 4.79 Å². The van der Waals surface area contributed by atoms with E-state index in [1.165, 1.54) is 0 Å². The van der Waals surface area contributed by atoms with Crippen LogP contribution < -0.4 is 0 Å². The molecule has 10 N–H and O–H groups in total. The fourth-order valence-electron chi connectivity index (χ4n) is 3.36. The van der Waals surface area contributed by atoms with Gasteiger partial charge in [0.1, 0.15) is 24.9 Å². The van der Waals surface area contributed by atoms with Gasteiger partial charge in [-0.05, 0) is 0 Å². The summed E-state index contributed by atoms with van der Waals surface area (Å²) in [5.74, 6) is -11.1. The van der Waals surface area contributed by atoms with Crippen LogP contribution in [0.3, 0.4) is 0 Å². The van der Waals surface area contributed by atoms with Crippen LogP contribution in [0.4, 0.5) is 0 Å². The monoisotopic (exact) mass is 630 g/mol. The number of hydrogen-bond acceptors (Lipinski definition) is 16. The molecule has 0 aromatic heterocycles. The molecule has 246 valence electrons. The number of aliphatic hydroxyl groups is 5. The van der Waals surface area contributed by atoms with Gasteiger partial charge in [-0.2, -0.15) is 0 Å². The maximum Gasteiger partial charge on any atom is 0.336 e. The van der Waals surface area contributed by atoms with Crippen LogP contribution in [-0.2, 0) is 43.0 Å². The molecule has 21 nitrogen and oxygen atoms in total. The summed E-state index contributed by atoms with van der Waals surface area (Å²) in [4.78, 5) is 81.8. The molecule has 0 fully saturated rings. The van der Waals surface area contributed by atoms with Crippen molar-refractivity contribution in [3.63, 3.8) is 0 Å². The Morgan fingerprint density at radius 2 is 1.12 bits per heavy atom. The molecule has 43 heavy (non-hydrogen) atoms. The number of hydrogen-bond donors (Lipinski definition) is 10. The lowest BCUT2D eigenvalue weighted by Crippen LogP contribution is -2.50. The minimum atomic E-state index is -3.12. The quantitative estimate of drug-likeness (QED) is 0.0469. The number of esters is 2. The van der Waals surface area contributed by atoms with Crippen molar-refractivity contribution in [2.24, 2.45) is 0 Å². The first-order valence-electron chi connectivity index (χ1n) is 12.1. The zero-order chi connectivity index (χ0) is 33.5. The van der Waals surface area contributed by atoms with E-state index in [4.69, 9.17) is 35.4 Å². The van der Waals surface area contributed by atoms with Crippen LogP contribution in [0.5, 0.6) is 0 Å². The van der Waals surface area contributed by atoms with Gasteiger partial charge in [0, 0.05) is 13.1 Å².